The third-order valence-electron chi connectivity index (χ3n) is 4.14. The molecule has 2 aromatic heterocycles. The molecule has 1 atom stereocenters. The van der Waals surface area contributed by atoms with Crippen LogP contribution in [0.3, 0.4) is 0 Å². The Kier molecular flexibility index (Phi) is 5.39. The highest BCUT2D eigenvalue weighted by atomic mass is 32.1. The van der Waals surface area contributed by atoms with Crippen LogP contribution in [0.15, 0.2) is 6.07 Å². The van der Waals surface area contributed by atoms with Crippen LogP contribution in [0.1, 0.15) is 45.4 Å². The van der Waals surface area contributed by atoms with Crippen LogP contribution in [0.4, 0.5) is 11.8 Å². The van der Waals surface area contributed by atoms with Gasteiger partial charge >= 0.3 is 0 Å². The van der Waals surface area contributed by atoms with E-state index in [1.54, 1.807) is 11.3 Å². The molecule has 0 saturated heterocycles. The van der Waals surface area contributed by atoms with Gasteiger partial charge in [0.05, 0.1) is 5.39 Å². The van der Waals surface area contributed by atoms with Gasteiger partial charge in [0, 0.05) is 18.0 Å². The molecule has 0 aromatic carbocycles. The molecular weight excluding hydrogens is 280 g/mol. The van der Waals surface area contributed by atoms with Crippen LogP contribution >= 0.6 is 11.3 Å². The molecule has 0 spiro atoms. The number of fused-ring (bicyclic) bond motifs is 1. The van der Waals surface area contributed by atoms with Gasteiger partial charge in [0.2, 0.25) is 5.95 Å². The summed E-state index contributed by atoms with van der Waals surface area (Å²) in [6.07, 6.45) is 3.40. The molecule has 2 aromatic rings. The van der Waals surface area contributed by atoms with E-state index in [-0.39, 0.29) is 0 Å². The van der Waals surface area contributed by atoms with E-state index in [1.165, 1.54) is 17.7 Å². The fourth-order valence-corrected chi connectivity index (χ4v) is 3.66. The van der Waals surface area contributed by atoms with E-state index in [4.69, 9.17) is 0 Å². The molecule has 2 rings (SSSR count). The van der Waals surface area contributed by atoms with Crippen LogP contribution in [-0.4, -0.2) is 23.1 Å². The second-order valence-electron chi connectivity index (χ2n) is 5.44. The standard InChI is InChI=1S/C16H26N4S/c1-6-11(7-2)10(4)18-14-13-9-12(8-3)21-15(13)20-16(17-5)19-14/h9-11H,6-8H2,1-5H3,(H2,17,18,19,20). The van der Waals surface area contributed by atoms with Gasteiger partial charge in [-0.25, -0.2) is 4.98 Å². The summed E-state index contributed by atoms with van der Waals surface area (Å²) in [6, 6.07) is 2.63. The van der Waals surface area contributed by atoms with Gasteiger partial charge in [-0.05, 0) is 25.3 Å². The quantitative estimate of drug-likeness (QED) is 0.789. The van der Waals surface area contributed by atoms with Crippen molar-refractivity contribution in [1.29, 1.82) is 0 Å². The Balaban J connectivity index is 2.38. The molecular formula is C16H26N4S. The van der Waals surface area contributed by atoms with Gasteiger partial charge in [0.1, 0.15) is 10.6 Å². The minimum atomic E-state index is 0.410. The van der Waals surface area contributed by atoms with Crippen LogP contribution in [0, 0.1) is 5.92 Å². The van der Waals surface area contributed by atoms with E-state index in [1.807, 2.05) is 7.05 Å². The largest absolute Gasteiger partial charge is 0.367 e. The molecule has 21 heavy (non-hydrogen) atoms. The summed E-state index contributed by atoms with van der Waals surface area (Å²) < 4.78 is 0. The number of rotatable bonds is 7. The van der Waals surface area contributed by atoms with Crippen molar-refractivity contribution >= 4 is 33.3 Å². The van der Waals surface area contributed by atoms with E-state index in [9.17, 15) is 0 Å². The maximum atomic E-state index is 4.63. The molecule has 1 unspecified atom stereocenters. The first-order chi connectivity index (χ1) is 10.1. The van der Waals surface area contributed by atoms with E-state index in [0.29, 0.717) is 17.9 Å². The highest BCUT2D eigenvalue weighted by Crippen LogP contribution is 2.31. The van der Waals surface area contributed by atoms with Crippen molar-refractivity contribution in [3.05, 3.63) is 10.9 Å². The normalized spacial score (nSPS) is 12.9. The zero-order chi connectivity index (χ0) is 15.4. The molecule has 0 amide bonds. The van der Waals surface area contributed by atoms with Crippen molar-refractivity contribution in [2.45, 2.75) is 53.0 Å². The summed E-state index contributed by atoms with van der Waals surface area (Å²) in [4.78, 5) is 11.6. The zero-order valence-electron chi connectivity index (χ0n) is 13.7. The van der Waals surface area contributed by atoms with Crippen molar-refractivity contribution in [2.75, 3.05) is 17.7 Å². The van der Waals surface area contributed by atoms with Gasteiger partial charge < -0.3 is 10.6 Å². The molecule has 0 fully saturated rings. The van der Waals surface area contributed by atoms with Crippen molar-refractivity contribution in [3.8, 4) is 0 Å². The fourth-order valence-electron chi connectivity index (χ4n) is 2.70. The number of anilines is 2. The van der Waals surface area contributed by atoms with Crippen molar-refractivity contribution in [2.24, 2.45) is 5.92 Å². The number of aryl methyl sites for hydroxylation is 1. The molecule has 5 heteroatoms. The Morgan fingerprint density at radius 2 is 1.90 bits per heavy atom. The lowest BCUT2D eigenvalue weighted by molar-refractivity contribution is 0.437. The third-order valence-corrected chi connectivity index (χ3v) is 5.31. The van der Waals surface area contributed by atoms with E-state index >= 15 is 0 Å². The molecule has 0 radical (unpaired) electrons. The van der Waals surface area contributed by atoms with Crippen molar-refractivity contribution in [3.63, 3.8) is 0 Å². The van der Waals surface area contributed by atoms with Crippen LogP contribution in [0.5, 0.6) is 0 Å². The SMILES string of the molecule is CCc1cc2c(NC(C)C(CC)CC)nc(NC)nc2s1. The molecule has 0 aliphatic carbocycles. The maximum absolute atomic E-state index is 4.63. The summed E-state index contributed by atoms with van der Waals surface area (Å²) in [7, 11) is 1.86. The number of nitrogens with one attached hydrogen (secondary N) is 2. The van der Waals surface area contributed by atoms with Gasteiger partial charge in [-0.3, -0.25) is 0 Å². The molecule has 0 aliphatic heterocycles. The highest BCUT2D eigenvalue weighted by molar-refractivity contribution is 7.18. The van der Waals surface area contributed by atoms with Crippen LogP contribution in [-0.2, 0) is 6.42 Å². The van der Waals surface area contributed by atoms with Gasteiger partial charge in [-0.2, -0.15) is 4.98 Å². The summed E-state index contributed by atoms with van der Waals surface area (Å²) >= 11 is 1.76. The van der Waals surface area contributed by atoms with Gasteiger partial charge in [0.15, 0.2) is 0 Å². The summed E-state index contributed by atoms with van der Waals surface area (Å²) in [6.45, 7) is 8.93. The summed E-state index contributed by atoms with van der Waals surface area (Å²) in [5.41, 5.74) is 0. The maximum Gasteiger partial charge on any atom is 0.225 e. The third kappa shape index (κ3) is 3.46. The lowest BCUT2D eigenvalue weighted by Gasteiger charge is -2.23. The average molecular weight is 306 g/mol. The Morgan fingerprint density at radius 1 is 1.19 bits per heavy atom. The Labute approximate surface area is 131 Å². The number of hydrogen-bond donors (Lipinski definition) is 2. The minimum Gasteiger partial charge on any atom is -0.367 e. The second kappa shape index (κ2) is 7.07. The number of hydrogen-bond acceptors (Lipinski definition) is 5. The molecule has 0 saturated carbocycles. The molecule has 4 nitrogen and oxygen atoms in total. The molecule has 2 N–H and O–H groups in total. The first-order valence-corrected chi connectivity index (χ1v) is 8.69. The van der Waals surface area contributed by atoms with Crippen molar-refractivity contribution < 1.29 is 0 Å². The predicted molar refractivity (Wildman–Crippen MR) is 93.5 cm³/mol. The van der Waals surface area contributed by atoms with Gasteiger partial charge in [-0.15, -0.1) is 11.3 Å². The molecule has 116 valence electrons. The Bertz CT molecular complexity index is 589. The fraction of sp³-hybridized carbons (Fsp3) is 0.625. The van der Waals surface area contributed by atoms with Crippen molar-refractivity contribution in [1.82, 2.24) is 9.97 Å². The second-order valence-corrected chi connectivity index (χ2v) is 6.56. The number of nitrogens with zero attached hydrogens (tertiary/aromatic N) is 2. The van der Waals surface area contributed by atoms with Gasteiger partial charge in [0.25, 0.3) is 0 Å². The van der Waals surface area contributed by atoms with Gasteiger partial charge in [-0.1, -0.05) is 33.6 Å². The van der Waals surface area contributed by atoms with E-state index in [0.717, 1.165) is 22.5 Å². The topological polar surface area (TPSA) is 49.8 Å². The Hall–Kier alpha value is -1.36. The molecule has 2 heterocycles. The van der Waals surface area contributed by atoms with Crippen LogP contribution in [0.2, 0.25) is 0 Å². The molecule has 0 bridgehead atoms. The lowest BCUT2D eigenvalue weighted by Crippen LogP contribution is -2.25. The van der Waals surface area contributed by atoms with Crippen LogP contribution in [0.25, 0.3) is 10.2 Å². The van der Waals surface area contributed by atoms with E-state index < -0.39 is 0 Å². The Morgan fingerprint density at radius 3 is 2.48 bits per heavy atom. The smallest absolute Gasteiger partial charge is 0.225 e. The van der Waals surface area contributed by atoms with E-state index in [2.05, 4.69) is 54.4 Å². The van der Waals surface area contributed by atoms with Crippen LogP contribution < -0.4 is 10.6 Å². The number of thiophene rings is 1. The molecule has 0 aliphatic rings. The number of aromatic nitrogens is 2. The average Bonchev–Trinajstić information content (AvgIpc) is 2.91. The lowest BCUT2D eigenvalue weighted by atomic mass is 9.95. The summed E-state index contributed by atoms with van der Waals surface area (Å²) in [5.74, 6) is 2.31. The highest BCUT2D eigenvalue weighted by Gasteiger charge is 2.17. The summed E-state index contributed by atoms with van der Waals surface area (Å²) in [5, 5.41) is 7.82. The minimum absolute atomic E-state index is 0.410. The first-order valence-electron chi connectivity index (χ1n) is 7.87. The zero-order valence-corrected chi connectivity index (χ0v) is 14.5. The predicted octanol–water partition coefficient (Wildman–Crippen LogP) is 4.53. The first kappa shape index (κ1) is 16.0. The monoisotopic (exact) mass is 306 g/mol.